The first-order valence-electron chi connectivity index (χ1n) is 6.04. The standard InChI is InChI=1S/C13H14N4O4/c1-21-8-2-3-10(9(6-8)12(18)19)17-13(20)16-7-11-14-4-5-15-11/h2-6H,7H2,1H3,(H,14,15)(H,18,19)(H2,16,17,20). The number of nitrogens with zero attached hydrogens (tertiary/aromatic N) is 1. The average molecular weight is 290 g/mol. The Hall–Kier alpha value is -3.03. The molecule has 0 aliphatic heterocycles. The lowest BCUT2D eigenvalue weighted by Gasteiger charge is -2.10. The molecule has 1 aromatic carbocycles. The van der Waals surface area contributed by atoms with Crippen molar-refractivity contribution in [2.75, 3.05) is 12.4 Å². The maximum atomic E-state index is 11.7. The quantitative estimate of drug-likeness (QED) is 0.665. The lowest BCUT2D eigenvalue weighted by Crippen LogP contribution is -2.29. The van der Waals surface area contributed by atoms with E-state index >= 15 is 0 Å². The van der Waals surface area contributed by atoms with E-state index in [4.69, 9.17) is 9.84 Å². The molecule has 4 N–H and O–H groups in total. The van der Waals surface area contributed by atoms with Gasteiger partial charge in [-0.1, -0.05) is 0 Å². The Labute approximate surface area is 120 Å². The largest absolute Gasteiger partial charge is 0.497 e. The monoisotopic (exact) mass is 290 g/mol. The summed E-state index contributed by atoms with van der Waals surface area (Å²) in [7, 11) is 1.43. The molecule has 2 amide bonds. The van der Waals surface area contributed by atoms with Crippen molar-refractivity contribution in [3.05, 3.63) is 42.0 Å². The summed E-state index contributed by atoms with van der Waals surface area (Å²) >= 11 is 0. The van der Waals surface area contributed by atoms with Gasteiger partial charge in [-0.15, -0.1) is 0 Å². The van der Waals surface area contributed by atoms with E-state index in [-0.39, 0.29) is 17.8 Å². The third-order valence-electron chi connectivity index (χ3n) is 2.68. The van der Waals surface area contributed by atoms with Crippen molar-refractivity contribution < 1.29 is 19.4 Å². The zero-order chi connectivity index (χ0) is 15.2. The molecule has 0 fully saturated rings. The number of ether oxygens (including phenoxy) is 1. The van der Waals surface area contributed by atoms with Crippen LogP contribution in [0.5, 0.6) is 5.75 Å². The van der Waals surface area contributed by atoms with Crippen LogP contribution in [0.3, 0.4) is 0 Å². The van der Waals surface area contributed by atoms with Crippen molar-refractivity contribution in [2.24, 2.45) is 0 Å². The van der Waals surface area contributed by atoms with Gasteiger partial charge in [0.2, 0.25) is 0 Å². The molecule has 0 atom stereocenters. The van der Waals surface area contributed by atoms with Crippen LogP contribution in [-0.4, -0.2) is 34.2 Å². The summed E-state index contributed by atoms with van der Waals surface area (Å²) in [6, 6.07) is 3.84. The molecule has 2 aromatic rings. The highest BCUT2D eigenvalue weighted by molar-refractivity contribution is 6.00. The maximum absolute atomic E-state index is 11.7. The van der Waals surface area contributed by atoms with Crippen molar-refractivity contribution in [2.45, 2.75) is 6.54 Å². The molecule has 0 saturated heterocycles. The fourth-order valence-electron chi connectivity index (χ4n) is 1.66. The molecule has 0 saturated carbocycles. The Morgan fingerprint density at radius 2 is 2.24 bits per heavy atom. The van der Waals surface area contributed by atoms with Crippen LogP contribution in [0.25, 0.3) is 0 Å². The van der Waals surface area contributed by atoms with E-state index in [2.05, 4.69) is 20.6 Å². The van der Waals surface area contributed by atoms with E-state index in [0.29, 0.717) is 11.6 Å². The van der Waals surface area contributed by atoms with Crippen molar-refractivity contribution >= 4 is 17.7 Å². The van der Waals surface area contributed by atoms with Crippen molar-refractivity contribution in [3.63, 3.8) is 0 Å². The number of rotatable bonds is 5. The van der Waals surface area contributed by atoms with Gasteiger partial charge in [-0.05, 0) is 18.2 Å². The second-order valence-electron chi connectivity index (χ2n) is 4.06. The molecule has 0 unspecified atom stereocenters. The van der Waals surface area contributed by atoms with Gasteiger partial charge < -0.3 is 25.5 Å². The van der Waals surface area contributed by atoms with Gasteiger partial charge in [0.1, 0.15) is 11.6 Å². The van der Waals surface area contributed by atoms with Gasteiger partial charge in [-0.2, -0.15) is 0 Å². The summed E-state index contributed by atoms with van der Waals surface area (Å²) in [5.41, 5.74) is 0.128. The number of hydrogen-bond acceptors (Lipinski definition) is 4. The number of carbonyl (C=O) groups excluding carboxylic acids is 1. The molecular formula is C13H14N4O4. The maximum Gasteiger partial charge on any atom is 0.337 e. The number of urea groups is 1. The molecule has 8 heteroatoms. The van der Waals surface area contributed by atoms with Gasteiger partial charge in [-0.3, -0.25) is 0 Å². The molecule has 0 radical (unpaired) electrons. The zero-order valence-corrected chi connectivity index (χ0v) is 11.2. The van der Waals surface area contributed by atoms with E-state index in [9.17, 15) is 9.59 Å². The number of imidazole rings is 1. The number of methoxy groups -OCH3 is 1. The van der Waals surface area contributed by atoms with E-state index in [1.165, 1.54) is 19.2 Å². The van der Waals surface area contributed by atoms with Crippen LogP contribution >= 0.6 is 0 Å². The summed E-state index contributed by atoms with van der Waals surface area (Å²) in [5, 5.41) is 14.2. The second kappa shape index (κ2) is 6.42. The highest BCUT2D eigenvalue weighted by atomic mass is 16.5. The first kappa shape index (κ1) is 14.4. The minimum absolute atomic E-state index is 0.0532. The van der Waals surface area contributed by atoms with Crippen LogP contribution in [0.2, 0.25) is 0 Å². The molecule has 8 nitrogen and oxygen atoms in total. The van der Waals surface area contributed by atoms with Gasteiger partial charge in [0.05, 0.1) is 24.9 Å². The first-order valence-corrected chi connectivity index (χ1v) is 6.04. The molecule has 1 heterocycles. The Bertz CT molecular complexity index is 640. The van der Waals surface area contributed by atoms with Crippen LogP contribution in [0.1, 0.15) is 16.2 Å². The number of nitrogens with one attached hydrogen (secondary N) is 3. The molecule has 0 aliphatic rings. The number of H-pyrrole nitrogens is 1. The van der Waals surface area contributed by atoms with Gasteiger partial charge in [0, 0.05) is 12.4 Å². The van der Waals surface area contributed by atoms with E-state index in [0.717, 1.165) is 0 Å². The minimum Gasteiger partial charge on any atom is -0.497 e. The fraction of sp³-hybridized carbons (Fsp3) is 0.154. The third-order valence-corrected chi connectivity index (χ3v) is 2.68. The number of aromatic carboxylic acids is 1. The van der Waals surface area contributed by atoms with Crippen molar-refractivity contribution in [3.8, 4) is 5.75 Å². The van der Waals surface area contributed by atoms with E-state index in [1.54, 1.807) is 18.5 Å². The minimum atomic E-state index is -1.16. The lowest BCUT2D eigenvalue weighted by molar-refractivity contribution is 0.0697. The number of carboxylic acids is 1. The number of benzene rings is 1. The highest BCUT2D eigenvalue weighted by Crippen LogP contribution is 2.22. The average Bonchev–Trinajstić information content (AvgIpc) is 2.98. The predicted molar refractivity (Wildman–Crippen MR) is 74.4 cm³/mol. The Balaban J connectivity index is 2.04. The van der Waals surface area contributed by atoms with Gasteiger partial charge in [0.25, 0.3) is 0 Å². The van der Waals surface area contributed by atoms with Crippen LogP contribution in [0.4, 0.5) is 10.5 Å². The van der Waals surface area contributed by atoms with Crippen LogP contribution in [-0.2, 0) is 6.54 Å². The van der Waals surface area contributed by atoms with Crippen LogP contribution in [0.15, 0.2) is 30.6 Å². The first-order chi connectivity index (χ1) is 10.1. The lowest BCUT2D eigenvalue weighted by atomic mass is 10.1. The molecule has 0 aliphatic carbocycles. The van der Waals surface area contributed by atoms with Gasteiger partial charge in [-0.25, -0.2) is 14.6 Å². The molecule has 1 aromatic heterocycles. The number of amides is 2. The summed E-state index contributed by atoms with van der Waals surface area (Å²) in [4.78, 5) is 29.7. The number of aromatic amines is 1. The van der Waals surface area contributed by atoms with Crippen LogP contribution < -0.4 is 15.4 Å². The number of hydrogen-bond donors (Lipinski definition) is 4. The Morgan fingerprint density at radius 1 is 1.43 bits per heavy atom. The highest BCUT2D eigenvalue weighted by Gasteiger charge is 2.13. The van der Waals surface area contributed by atoms with E-state index in [1.807, 2.05) is 0 Å². The molecule has 0 spiro atoms. The molecule has 21 heavy (non-hydrogen) atoms. The summed E-state index contributed by atoms with van der Waals surface area (Å²) < 4.78 is 4.96. The smallest absolute Gasteiger partial charge is 0.337 e. The molecule has 0 bridgehead atoms. The second-order valence-corrected chi connectivity index (χ2v) is 4.06. The Kier molecular flexibility index (Phi) is 4.39. The van der Waals surface area contributed by atoms with Gasteiger partial charge >= 0.3 is 12.0 Å². The zero-order valence-electron chi connectivity index (χ0n) is 11.2. The molecule has 110 valence electrons. The third kappa shape index (κ3) is 3.72. The normalized spacial score (nSPS) is 9.95. The molecule has 2 rings (SSSR count). The fourth-order valence-corrected chi connectivity index (χ4v) is 1.66. The summed E-state index contributed by atoms with van der Waals surface area (Å²) in [5.74, 6) is -0.164. The van der Waals surface area contributed by atoms with Crippen molar-refractivity contribution in [1.29, 1.82) is 0 Å². The summed E-state index contributed by atoms with van der Waals surface area (Å²) in [6.45, 7) is 0.206. The number of carbonyl (C=O) groups is 2. The number of carboxylic acid groups (broad SMARTS) is 1. The van der Waals surface area contributed by atoms with Crippen molar-refractivity contribution in [1.82, 2.24) is 15.3 Å². The van der Waals surface area contributed by atoms with Gasteiger partial charge in [0.15, 0.2) is 0 Å². The SMILES string of the molecule is COc1ccc(NC(=O)NCc2ncc[nH]2)c(C(=O)O)c1. The number of anilines is 1. The van der Waals surface area contributed by atoms with E-state index < -0.39 is 12.0 Å². The predicted octanol–water partition coefficient (Wildman–Crippen LogP) is 1.44. The summed E-state index contributed by atoms with van der Waals surface area (Å²) in [6.07, 6.45) is 3.21. The topological polar surface area (TPSA) is 116 Å². The number of aromatic nitrogens is 2. The Morgan fingerprint density at radius 3 is 2.86 bits per heavy atom. The molecular weight excluding hydrogens is 276 g/mol. The van der Waals surface area contributed by atoms with Crippen LogP contribution in [0, 0.1) is 0 Å².